The number of amides is 2. The number of rotatable bonds is 4. The molecule has 3 atom stereocenters. The lowest BCUT2D eigenvalue weighted by Gasteiger charge is -2.34. The minimum atomic E-state index is -0.116. The molecule has 2 saturated heterocycles. The maximum absolute atomic E-state index is 12.7. The van der Waals surface area contributed by atoms with Gasteiger partial charge >= 0.3 is 0 Å². The molecule has 4 rings (SSSR count). The SMILES string of the molecule is CC(C)C(=O)N1CCC(c2nc([C@H]3CCCN(C(=O)[C@@H]4C[C@@H]4C)C3)cc(=O)[nH]2)CC1. The molecule has 164 valence electrons. The summed E-state index contributed by atoms with van der Waals surface area (Å²) >= 11 is 0. The van der Waals surface area contributed by atoms with Crippen LogP contribution in [0.25, 0.3) is 0 Å². The van der Waals surface area contributed by atoms with Crippen LogP contribution in [0.2, 0.25) is 0 Å². The number of aromatic amines is 1. The van der Waals surface area contributed by atoms with Crippen LogP contribution < -0.4 is 5.56 Å². The fraction of sp³-hybridized carbons (Fsp3) is 0.739. The number of hydrogen-bond acceptors (Lipinski definition) is 4. The van der Waals surface area contributed by atoms with Crippen molar-refractivity contribution >= 4 is 11.8 Å². The number of carbonyl (C=O) groups excluding carboxylic acids is 2. The highest BCUT2D eigenvalue weighted by Crippen LogP contribution is 2.40. The predicted octanol–water partition coefficient (Wildman–Crippen LogP) is 2.49. The summed E-state index contributed by atoms with van der Waals surface area (Å²) in [6.45, 7) is 8.89. The quantitative estimate of drug-likeness (QED) is 0.820. The first kappa shape index (κ1) is 21.1. The van der Waals surface area contributed by atoms with Gasteiger partial charge in [0.1, 0.15) is 5.82 Å². The van der Waals surface area contributed by atoms with Gasteiger partial charge in [-0.05, 0) is 38.0 Å². The monoisotopic (exact) mass is 414 g/mol. The molecule has 0 bridgehead atoms. The molecule has 3 heterocycles. The summed E-state index contributed by atoms with van der Waals surface area (Å²) < 4.78 is 0. The highest BCUT2D eigenvalue weighted by Gasteiger charge is 2.42. The van der Waals surface area contributed by atoms with Crippen molar-refractivity contribution in [2.75, 3.05) is 26.2 Å². The summed E-state index contributed by atoms with van der Waals surface area (Å²) in [6.07, 6.45) is 4.56. The number of hydrogen-bond donors (Lipinski definition) is 1. The predicted molar refractivity (Wildman–Crippen MR) is 114 cm³/mol. The number of H-pyrrole nitrogens is 1. The normalized spacial score (nSPS) is 27.4. The van der Waals surface area contributed by atoms with Crippen molar-refractivity contribution in [1.82, 2.24) is 19.8 Å². The average Bonchev–Trinajstić information content (AvgIpc) is 3.49. The molecule has 2 aliphatic heterocycles. The lowest BCUT2D eigenvalue weighted by atomic mass is 9.92. The Hall–Kier alpha value is -2.18. The Morgan fingerprint density at radius 3 is 2.43 bits per heavy atom. The van der Waals surface area contributed by atoms with E-state index >= 15 is 0 Å². The molecule has 1 aromatic rings. The van der Waals surface area contributed by atoms with Crippen LogP contribution in [0.4, 0.5) is 0 Å². The van der Waals surface area contributed by atoms with Gasteiger partial charge in [-0.25, -0.2) is 4.98 Å². The number of nitrogens with zero attached hydrogens (tertiary/aromatic N) is 3. The number of nitrogens with one attached hydrogen (secondary N) is 1. The standard InChI is InChI=1S/C23H34N4O3/c1-14(2)22(29)26-9-6-16(7-10-26)21-24-19(12-20(28)25-21)17-5-4-8-27(13-17)23(30)18-11-15(18)3/h12,14-18H,4-11,13H2,1-3H3,(H,24,25,28)/t15-,17-,18+/m0/s1. The highest BCUT2D eigenvalue weighted by atomic mass is 16.2. The Bertz CT molecular complexity index is 856. The molecule has 1 aliphatic carbocycles. The van der Waals surface area contributed by atoms with Gasteiger partial charge in [0.2, 0.25) is 11.8 Å². The first-order valence-corrected chi connectivity index (χ1v) is 11.5. The molecule has 2 amide bonds. The molecular weight excluding hydrogens is 380 g/mol. The summed E-state index contributed by atoms with van der Waals surface area (Å²) in [5, 5.41) is 0. The Morgan fingerprint density at radius 1 is 1.10 bits per heavy atom. The van der Waals surface area contributed by atoms with E-state index in [2.05, 4.69) is 11.9 Å². The van der Waals surface area contributed by atoms with Crippen LogP contribution in [-0.2, 0) is 9.59 Å². The van der Waals surface area contributed by atoms with Crippen molar-refractivity contribution in [2.45, 2.75) is 64.7 Å². The van der Waals surface area contributed by atoms with E-state index in [4.69, 9.17) is 4.98 Å². The van der Waals surface area contributed by atoms with Crippen molar-refractivity contribution in [3.8, 4) is 0 Å². The van der Waals surface area contributed by atoms with Crippen LogP contribution in [0.15, 0.2) is 10.9 Å². The average molecular weight is 415 g/mol. The van der Waals surface area contributed by atoms with Gasteiger partial charge in [0, 0.05) is 55.9 Å². The van der Waals surface area contributed by atoms with Crippen LogP contribution in [0.5, 0.6) is 0 Å². The first-order valence-electron chi connectivity index (χ1n) is 11.5. The largest absolute Gasteiger partial charge is 0.342 e. The Balaban J connectivity index is 1.44. The van der Waals surface area contributed by atoms with E-state index in [1.807, 2.05) is 23.6 Å². The molecule has 1 N–H and O–H groups in total. The lowest BCUT2D eigenvalue weighted by molar-refractivity contribution is -0.135. The third kappa shape index (κ3) is 4.44. The third-order valence-corrected chi connectivity index (χ3v) is 7.05. The number of aromatic nitrogens is 2. The second kappa shape index (κ2) is 8.52. The fourth-order valence-electron chi connectivity index (χ4n) is 4.96. The van der Waals surface area contributed by atoms with Gasteiger partial charge in [-0.3, -0.25) is 14.4 Å². The van der Waals surface area contributed by atoms with Crippen LogP contribution in [0.1, 0.15) is 76.2 Å². The maximum atomic E-state index is 12.7. The Labute approximate surface area is 178 Å². The molecule has 0 aromatic carbocycles. The lowest BCUT2D eigenvalue weighted by Crippen LogP contribution is -2.41. The second-order valence-corrected chi connectivity index (χ2v) is 9.75. The van der Waals surface area contributed by atoms with Gasteiger partial charge in [-0.15, -0.1) is 0 Å². The van der Waals surface area contributed by atoms with Crippen molar-refractivity contribution in [3.05, 3.63) is 27.9 Å². The number of likely N-dealkylation sites (tertiary alicyclic amines) is 2. The minimum absolute atomic E-state index is 0.0124. The highest BCUT2D eigenvalue weighted by molar-refractivity contribution is 5.81. The van der Waals surface area contributed by atoms with Gasteiger partial charge in [-0.1, -0.05) is 20.8 Å². The molecule has 7 nitrogen and oxygen atoms in total. The van der Waals surface area contributed by atoms with E-state index in [1.165, 1.54) is 0 Å². The van der Waals surface area contributed by atoms with E-state index in [9.17, 15) is 14.4 Å². The molecule has 3 aliphatic rings. The molecular formula is C23H34N4O3. The summed E-state index contributed by atoms with van der Waals surface area (Å²) in [6, 6.07) is 1.61. The summed E-state index contributed by atoms with van der Waals surface area (Å²) in [5.74, 6) is 2.23. The topological polar surface area (TPSA) is 86.4 Å². The molecule has 1 aromatic heterocycles. The second-order valence-electron chi connectivity index (χ2n) is 9.75. The van der Waals surface area contributed by atoms with E-state index in [-0.39, 0.29) is 41.0 Å². The van der Waals surface area contributed by atoms with Crippen molar-refractivity contribution in [2.24, 2.45) is 17.8 Å². The van der Waals surface area contributed by atoms with Crippen LogP contribution in [-0.4, -0.2) is 57.8 Å². The molecule has 0 radical (unpaired) electrons. The molecule has 1 saturated carbocycles. The Kier molecular flexibility index (Phi) is 5.98. The zero-order valence-electron chi connectivity index (χ0n) is 18.4. The summed E-state index contributed by atoms with van der Waals surface area (Å²) in [7, 11) is 0. The molecule has 7 heteroatoms. The summed E-state index contributed by atoms with van der Waals surface area (Å²) in [4.78, 5) is 49.0. The van der Waals surface area contributed by atoms with Crippen molar-refractivity contribution in [3.63, 3.8) is 0 Å². The van der Waals surface area contributed by atoms with Gasteiger partial charge in [0.05, 0.1) is 5.69 Å². The zero-order chi connectivity index (χ0) is 21.4. The number of piperidine rings is 2. The smallest absolute Gasteiger partial charge is 0.251 e. The van der Waals surface area contributed by atoms with Crippen LogP contribution in [0.3, 0.4) is 0 Å². The van der Waals surface area contributed by atoms with Crippen LogP contribution in [0, 0.1) is 17.8 Å². The zero-order valence-corrected chi connectivity index (χ0v) is 18.4. The third-order valence-electron chi connectivity index (χ3n) is 7.05. The number of carbonyl (C=O) groups is 2. The van der Waals surface area contributed by atoms with Gasteiger partial charge in [0.25, 0.3) is 5.56 Å². The van der Waals surface area contributed by atoms with Gasteiger partial charge < -0.3 is 14.8 Å². The maximum Gasteiger partial charge on any atom is 0.251 e. The molecule has 0 unspecified atom stereocenters. The molecule has 3 fully saturated rings. The first-order chi connectivity index (χ1) is 14.3. The Morgan fingerprint density at radius 2 is 1.80 bits per heavy atom. The van der Waals surface area contributed by atoms with Gasteiger partial charge in [-0.2, -0.15) is 0 Å². The summed E-state index contributed by atoms with van der Waals surface area (Å²) in [5.41, 5.74) is 0.700. The van der Waals surface area contributed by atoms with E-state index in [1.54, 1.807) is 6.07 Å². The molecule has 30 heavy (non-hydrogen) atoms. The van der Waals surface area contributed by atoms with Crippen LogP contribution >= 0.6 is 0 Å². The van der Waals surface area contributed by atoms with Crippen molar-refractivity contribution in [1.29, 1.82) is 0 Å². The van der Waals surface area contributed by atoms with E-state index in [0.29, 0.717) is 25.6 Å². The van der Waals surface area contributed by atoms with Gasteiger partial charge in [0.15, 0.2) is 0 Å². The minimum Gasteiger partial charge on any atom is -0.342 e. The van der Waals surface area contributed by atoms with E-state index < -0.39 is 0 Å². The fourth-order valence-corrected chi connectivity index (χ4v) is 4.96. The van der Waals surface area contributed by atoms with Crippen molar-refractivity contribution < 1.29 is 9.59 Å². The molecule has 0 spiro atoms. The van der Waals surface area contributed by atoms with E-state index in [0.717, 1.165) is 50.2 Å².